The second-order valence-electron chi connectivity index (χ2n) is 8.13. The van der Waals surface area contributed by atoms with Crippen LogP contribution in [0, 0.1) is 0 Å². The molecule has 1 N–H and O–H groups in total. The minimum Gasteiger partial charge on any atom is -0.352 e. The molecule has 1 amide bonds. The van der Waals surface area contributed by atoms with Gasteiger partial charge < -0.3 is 5.32 Å². The fourth-order valence-corrected chi connectivity index (χ4v) is 2.98. The molecule has 0 aliphatic rings. The number of hydrogen-bond acceptors (Lipinski definition) is 3. The molecule has 0 saturated carbocycles. The lowest BCUT2D eigenvalue weighted by Gasteiger charge is -2.19. The smallest absolute Gasteiger partial charge is 0.220 e. The van der Waals surface area contributed by atoms with Gasteiger partial charge in [0.1, 0.15) is 12.7 Å². The molecule has 0 radical (unpaired) electrons. The average molecular weight is 377 g/mol. The molecule has 5 heteroatoms. The van der Waals surface area contributed by atoms with E-state index in [4.69, 9.17) is 0 Å². The minimum atomic E-state index is 0.0755. The van der Waals surface area contributed by atoms with E-state index in [1.54, 1.807) is 11.0 Å². The largest absolute Gasteiger partial charge is 0.352 e. The van der Waals surface area contributed by atoms with E-state index in [-0.39, 0.29) is 11.3 Å². The van der Waals surface area contributed by atoms with E-state index in [9.17, 15) is 4.79 Å². The number of carbonyl (C=O) groups is 1. The summed E-state index contributed by atoms with van der Waals surface area (Å²) in [7, 11) is 0. The average Bonchev–Trinajstić information content (AvgIpc) is 3.18. The van der Waals surface area contributed by atoms with Gasteiger partial charge in [-0.3, -0.25) is 4.79 Å². The van der Waals surface area contributed by atoms with Gasteiger partial charge in [-0.25, -0.2) is 9.67 Å². The van der Waals surface area contributed by atoms with Crippen molar-refractivity contribution in [1.29, 1.82) is 0 Å². The van der Waals surface area contributed by atoms with E-state index >= 15 is 0 Å². The van der Waals surface area contributed by atoms with Crippen LogP contribution in [-0.4, -0.2) is 20.7 Å². The zero-order chi connectivity index (χ0) is 20.0. The van der Waals surface area contributed by atoms with Gasteiger partial charge in [0.05, 0.1) is 6.54 Å². The quantitative estimate of drug-likeness (QED) is 0.681. The standard InChI is InChI=1S/C23H28N4O/c1-23(2,3)21-11-8-18(9-12-21)10-13-22(28)25-14-19-4-6-20(7-5-19)15-27-17-24-16-26-27/h4-9,11-12,16-17H,10,13-15H2,1-3H3,(H,25,28). The lowest BCUT2D eigenvalue weighted by Crippen LogP contribution is -2.23. The minimum absolute atomic E-state index is 0.0755. The van der Waals surface area contributed by atoms with Crippen LogP contribution in [0.5, 0.6) is 0 Å². The van der Waals surface area contributed by atoms with Gasteiger partial charge in [0.25, 0.3) is 0 Å². The van der Waals surface area contributed by atoms with Crippen LogP contribution in [0.25, 0.3) is 0 Å². The number of nitrogens with one attached hydrogen (secondary N) is 1. The topological polar surface area (TPSA) is 59.8 Å². The predicted molar refractivity (Wildman–Crippen MR) is 111 cm³/mol. The molecule has 0 fully saturated rings. The lowest BCUT2D eigenvalue weighted by atomic mass is 9.86. The summed E-state index contributed by atoms with van der Waals surface area (Å²) in [6.45, 7) is 7.86. The van der Waals surface area contributed by atoms with Crippen molar-refractivity contribution in [3.05, 3.63) is 83.4 Å². The predicted octanol–water partition coefficient (Wildman–Crippen LogP) is 3.87. The summed E-state index contributed by atoms with van der Waals surface area (Å²) < 4.78 is 1.78. The molecule has 1 heterocycles. The van der Waals surface area contributed by atoms with E-state index in [1.807, 2.05) is 12.1 Å². The first-order valence-corrected chi connectivity index (χ1v) is 9.66. The van der Waals surface area contributed by atoms with Crippen molar-refractivity contribution in [2.24, 2.45) is 0 Å². The van der Waals surface area contributed by atoms with E-state index in [1.165, 1.54) is 17.5 Å². The Balaban J connectivity index is 1.42. The first kappa shape index (κ1) is 19.8. The van der Waals surface area contributed by atoms with Crippen LogP contribution in [0.3, 0.4) is 0 Å². The molecule has 0 bridgehead atoms. The molecule has 1 aromatic heterocycles. The van der Waals surface area contributed by atoms with Gasteiger partial charge in [-0.05, 0) is 34.1 Å². The molecule has 3 aromatic rings. The van der Waals surface area contributed by atoms with E-state index in [2.05, 4.69) is 72.6 Å². The first-order valence-electron chi connectivity index (χ1n) is 9.66. The number of aromatic nitrogens is 3. The van der Waals surface area contributed by atoms with E-state index in [0.717, 1.165) is 17.5 Å². The van der Waals surface area contributed by atoms with Crippen molar-refractivity contribution in [1.82, 2.24) is 20.1 Å². The van der Waals surface area contributed by atoms with Crippen molar-refractivity contribution in [2.75, 3.05) is 0 Å². The summed E-state index contributed by atoms with van der Waals surface area (Å²) in [6, 6.07) is 16.8. The van der Waals surface area contributed by atoms with Crippen LogP contribution in [0.4, 0.5) is 0 Å². The van der Waals surface area contributed by atoms with Crippen molar-refractivity contribution in [3.63, 3.8) is 0 Å². The number of nitrogens with zero attached hydrogens (tertiary/aromatic N) is 3. The molecule has 0 aliphatic carbocycles. The van der Waals surface area contributed by atoms with Crippen LogP contribution >= 0.6 is 0 Å². The number of amides is 1. The summed E-state index contributed by atoms with van der Waals surface area (Å²) in [5, 5.41) is 7.11. The first-order chi connectivity index (χ1) is 13.4. The lowest BCUT2D eigenvalue weighted by molar-refractivity contribution is -0.121. The zero-order valence-corrected chi connectivity index (χ0v) is 16.9. The Morgan fingerprint density at radius 3 is 2.21 bits per heavy atom. The highest BCUT2D eigenvalue weighted by atomic mass is 16.1. The van der Waals surface area contributed by atoms with Crippen molar-refractivity contribution < 1.29 is 4.79 Å². The van der Waals surface area contributed by atoms with Gasteiger partial charge in [-0.1, -0.05) is 69.3 Å². The molecule has 2 aromatic carbocycles. The number of benzene rings is 2. The summed E-state index contributed by atoms with van der Waals surface area (Å²) in [5.41, 5.74) is 4.90. The highest BCUT2D eigenvalue weighted by molar-refractivity contribution is 5.76. The molecule has 0 atom stereocenters. The van der Waals surface area contributed by atoms with Crippen LogP contribution in [-0.2, 0) is 29.7 Å². The molecule has 0 spiro atoms. The maximum atomic E-state index is 12.2. The number of carbonyl (C=O) groups excluding carboxylic acids is 1. The van der Waals surface area contributed by atoms with E-state index < -0.39 is 0 Å². The zero-order valence-electron chi connectivity index (χ0n) is 16.9. The third kappa shape index (κ3) is 5.78. The van der Waals surface area contributed by atoms with Gasteiger partial charge in [0.2, 0.25) is 5.91 Å². The fourth-order valence-electron chi connectivity index (χ4n) is 2.98. The maximum absolute atomic E-state index is 12.2. The summed E-state index contributed by atoms with van der Waals surface area (Å²) in [4.78, 5) is 16.1. The second kappa shape index (κ2) is 8.83. The second-order valence-corrected chi connectivity index (χ2v) is 8.13. The Morgan fingerprint density at radius 1 is 0.964 bits per heavy atom. The highest BCUT2D eigenvalue weighted by Gasteiger charge is 2.13. The molecular formula is C23H28N4O. The Hall–Kier alpha value is -2.95. The Bertz CT molecular complexity index is 876. The molecule has 28 heavy (non-hydrogen) atoms. The molecule has 146 valence electrons. The van der Waals surface area contributed by atoms with Gasteiger partial charge in [-0.2, -0.15) is 5.10 Å². The molecule has 5 nitrogen and oxygen atoms in total. The number of hydrogen-bond donors (Lipinski definition) is 1. The van der Waals surface area contributed by atoms with Gasteiger partial charge in [0.15, 0.2) is 0 Å². The fraction of sp³-hybridized carbons (Fsp3) is 0.348. The Morgan fingerprint density at radius 2 is 1.61 bits per heavy atom. The third-order valence-corrected chi connectivity index (χ3v) is 4.78. The van der Waals surface area contributed by atoms with Gasteiger partial charge in [0, 0.05) is 13.0 Å². The van der Waals surface area contributed by atoms with Crippen molar-refractivity contribution in [3.8, 4) is 0 Å². The van der Waals surface area contributed by atoms with Gasteiger partial charge in [-0.15, -0.1) is 0 Å². The highest BCUT2D eigenvalue weighted by Crippen LogP contribution is 2.22. The SMILES string of the molecule is CC(C)(C)c1ccc(CCC(=O)NCc2ccc(Cn3cncn3)cc2)cc1. The number of rotatable bonds is 7. The summed E-state index contributed by atoms with van der Waals surface area (Å²) in [5.74, 6) is 0.0755. The van der Waals surface area contributed by atoms with Crippen LogP contribution < -0.4 is 5.32 Å². The van der Waals surface area contributed by atoms with Crippen LogP contribution in [0.15, 0.2) is 61.2 Å². The molecular weight excluding hydrogens is 348 g/mol. The normalized spacial score (nSPS) is 11.4. The number of aryl methyl sites for hydroxylation is 1. The molecule has 0 saturated heterocycles. The molecule has 3 rings (SSSR count). The molecule has 0 unspecified atom stereocenters. The molecule has 0 aliphatic heterocycles. The monoisotopic (exact) mass is 376 g/mol. The third-order valence-electron chi connectivity index (χ3n) is 4.78. The Kier molecular flexibility index (Phi) is 6.24. The van der Waals surface area contributed by atoms with Crippen molar-refractivity contribution >= 4 is 5.91 Å². The summed E-state index contributed by atoms with van der Waals surface area (Å²) in [6.07, 6.45) is 4.49. The van der Waals surface area contributed by atoms with Gasteiger partial charge >= 0.3 is 0 Å². The van der Waals surface area contributed by atoms with E-state index in [0.29, 0.717) is 19.5 Å². The van der Waals surface area contributed by atoms with Crippen molar-refractivity contribution in [2.45, 2.75) is 52.1 Å². The Labute approximate surface area is 166 Å². The van der Waals surface area contributed by atoms with Crippen LogP contribution in [0.1, 0.15) is 49.4 Å². The van der Waals surface area contributed by atoms with Crippen LogP contribution in [0.2, 0.25) is 0 Å². The summed E-state index contributed by atoms with van der Waals surface area (Å²) >= 11 is 0. The maximum Gasteiger partial charge on any atom is 0.220 e.